The van der Waals surface area contributed by atoms with Gasteiger partial charge in [0.15, 0.2) is 0 Å². The van der Waals surface area contributed by atoms with Crippen molar-refractivity contribution in [2.75, 3.05) is 19.8 Å². The third-order valence-electron chi connectivity index (χ3n) is 2.06. The van der Waals surface area contributed by atoms with Crippen molar-refractivity contribution in [3.05, 3.63) is 11.6 Å². The van der Waals surface area contributed by atoms with Crippen LogP contribution in [0.5, 0.6) is 0 Å². The number of carbonyl (C=O) groups is 1. The number of amides is 1. The largest absolute Gasteiger partial charge is 0.377 e. The summed E-state index contributed by atoms with van der Waals surface area (Å²) >= 11 is 0. The van der Waals surface area contributed by atoms with E-state index in [-0.39, 0.29) is 5.91 Å². The molecule has 1 amide bonds. The number of hydrogen-bond donors (Lipinski definition) is 1. The van der Waals surface area contributed by atoms with E-state index in [9.17, 15) is 4.79 Å². The summed E-state index contributed by atoms with van der Waals surface area (Å²) in [4.78, 5) is 11.2. The number of ether oxygens (including phenoxy) is 1. The lowest BCUT2D eigenvalue weighted by Crippen LogP contribution is -2.31. The molecule has 0 saturated carbocycles. The number of nitrogens with one attached hydrogen (secondary N) is 1. The molecule has 76 valence electrons. The quantitative estimate of drug-likeness (QED) is 0.669. The summed E-state index contributed by atoms with van der Waals surface area (Å²) in [5.41, 5.74) is 1.08. The first-order valence-corrected chi connectivity index (χ1v) is 4.67. The number of nitrogens with zero attached hydrogens (tertiary/aromatic N) is 1. The van der Waals surface area contributed by atoms with Crippen LogP contribution in [-0.4, -0.2) is 25.7 Å². The molecule has 1 N–H and O–H groups in total. The second-order valence-electron chi connectivity index (χ2n) is 3.27. The summed E-state index contributed by atoms with van der Waals surface area (Å²) in [7, 11) is 0. The van der Waals surface area contributed by atoms with Gasteiger partial charge in [0.25, 0.3) is 0 Å². The third kappa shape index (κ3) is 3.19. The van der Waals surface area contributed by atoms with E-state index in [4.69, 9.17) is 10.00 Å². The first-order valence-electron chi connectivity index (χ1n) is 4.67. The van der Waals surface area contributed by atoms with E-state index in [0.29, 0.717) is 13.2 Å². The zero-order chi connectivity index (χ0) is 10.4. The Morgan fingerprint density at radius 3 is 3.21 bits per heavy atom. The summed E-state index contributed by atoms with van der Waals surface area (Å²) in [5.74, 6) is -0.806. The van der Waals surface area contributed by atoms with Crippen molar-refractivity contribution in [1.29, 1.82) is 5.26 Å². The highest BCUT2D eigenvalue weighted by atomic mass is 16.5. The maximum Gasteiger partial charge on any atom is 0.237 e. The molecule has 0 aromatic heterocycles. The molecule has 4 heteroatoms. The lowest BCUT2D eigenvalue weighted by molar-refractivity contribution is -0.122. The van der Waals surface area contributed by atoms with Gasteiger partial charge in [-0.3, -0.25) is 4.79 Å². The molecule has 4 nitrogen and oxygen atoms in total. The predicted octanol–water partition coefficient (Wildman–Crippen LogP) is 0.609. The molecule has 0 bridgehead atoms. The molecular weight excluding hydrogens is 180 g/mol. The monoisotopic (exact) mass is 194 g/mol. The maximum absolute atomic E-state index is 11.2. The minimum absolute atomic E-state index is 0.223. The minimum atomic E-state index is -0.583. The van der Waals surface area contributed by atoms with Gasteiger partial charge in [-0.15, -0.1) is 0 Å². The summed E-state index contributed by atoms with van der Waals surface area (Å²) in [5, 5.41) is 11.2. The van der Waals surface area contributed by atoms with Gasteiger partial charge in [-0.05, 0) is 18.9 Å². The van der Waals surface area contributed by atoms with Crippen LogP contribution in [0.1, 0.15) is 13.3 Å². The first kappa shape index (κ1) is 10.7. The molecule has 1 rings (SSSR count). The van der Waals surface area contributed by atoms with Crippen molar-refractivity contribution >= 4 is 5.91 Å². The Kier molecular flexibility index (Phi) is 4.14. The van der Waals surface area contributed by atoms with Crippen LogP contribution in [0.25, 0.3) is 0 Å². The van der Waals surface area contributed by atoms with E-state index in [1.54, 1.807) is 6.92 Å². The molecule has 0 saturated heterocycles. The fourth-order valence-corrected chi connectivity index (χ4v) is 1.14. The molecule has 0 spiro atoms. The number of hydrogen-bond acceptors (Lipinski definition) is 3. The highest BCUT2D eigenvalue weighted by molar-refractivity contribution is 5.80. The van der Waals surface area contributed by atoms with Crippen molar-refractivity contribution in [2.45, 2.75) is 13.3 Å². The third-order valence-corrected chi connectivity index (χ3v) is 2.06. The average Bonchev–Trinajstić information content (AvgIpc) is 2.26. The maximum atomic E-state index is 11.2. The molecule has 1 heterocycles. The van der Waals surface area contributed by atoms with E-state index in [2.05, 4.69) is 11.4 Å². The fourth-order valence-electron chi connectivity index (χ4n) is 1.14. The Hall–Kier alpha value is -1.34. The molecule has 0 radical (unpaired) electrons. The van der Waals surface area contributed by atoms with Crippen molar-refractivity contribution in [3.63, 3.8) is 0 Å². The topological polar surface area (TPSA) is 62.1 Å². The zero-order valence-electron chi connectivity index (χ0n) is 8.25. The average molecular weight is 194 g/mol. The van der Waals surface area contributed by atoms with Crippen LogP contribution in [0.2, 0.25) is 0 Å². The molecule has 0 fully saturated rings. The Balaban J connectivity index is 2.30. The number of rotatable bonds is 3. The van der Waals surface area contributed by atoms with E-state index < -0.39 is 5.92 Å². The van der Waals surface area contributed by atoms with Gasteiger partial charge in [-0.1, -0.05) is 6.08 Å². The Morgan fingerprint density at radius 1 is 1.86 bits per heavy atom. The van der Waals surface area contributed by atoms with E-state index in [0.717, 1.165) is 18.6 Å². The van der Waals surface area contributed by atoms with Gasteiger partial charge in [0, 0.05) is 6.54 Å². The van der Waals surface area contributed by atoms with E-state index in [1.807, 2.05) is 6.07 Å². The summed E-state index contributed by atoms with van der Waals surface area (Å²) in [6.45, 7) is 3.42. The summed E-state index contributed by atoms with van der Waals surface area (Å²) in [6.07, 6.45) is 2.97. The van der Waals surface area contributed by atoms with Gasteiger partial charge in [-0.2, -0.15) is 5.26 Å². The predicted molar refractivity (Wildman–Crippen MR) is 51.3 cm³/mol. The molecular formula is C10H14N2O2. The smallest absolute Gasteiger partial charge is 0.237 e. The van der Waals surface area contributed by atoms with Crippen molar-refractivity contribution < 1.29 is 9.53 Å². The standard InChI is InChI=1S/C10H14N2O2/c1-8(5-11)10(13)12-6-9-3-2-4-14-7-9/h3,8H,2,4,6-7H2,1H3,(H,12,13). The van der Waals surface area contributed by atoms with E-state index in [1.165, 1.54) is 0 Å². The summed E-state index contributed by atoms with van der Waals surface area (Å²) < 4.78 is 5.22. The molecule has 0 aromatic rings. The van der Waals surface area contributed by atoms with Crippen LogP contribution >= 0.6 is 0 Å². The van der Waals surface area contributed by atoms with Gasteiger partial charge >= 0.3 is 0 Å². The SMILES string of the molecule is CC(C#N)C(=O)NCC1=CCCOC1. The van der Waals surface area contributed by atoms with Crippen LogP contribution in [0.4, 0.5) is 0 Å². The highest BCUT2D eigenvalue weighted by Crippen LogP contribution is 2.04. The van der Waals surface area contributed by atoms with Gasteiger partial charge in [0.2, 0.25) is 5.91 Å². The molecule has 1 atom stereocenters. The second-order valence-corrected chi connectivity index (χ2v) is 3.27. The lowest BCUT2D eigenvalue weighted by atomic mass is 10.1. The van der Waals surface area contributed by atoms with Crippen molar-refractivity contribution in [1.82, 2.24) is 5.32 Å². The zero-order valence-corrected chi connectivity index (χ0v) is 8.25. The fraction of sp³-hybridized carbons (Fsp3) is 0.600. The van der Waals surface area contributed by atoms with Crippen LogP contribution in [0, 0.1) is 17.2 Å². The Bertz CT molecular complexity index is 278. The molecule has 14 heavy (non-hydrogen) atoms. The minimum Gasteiger partial charge on any atom is -0.377 e. The van der Waals surface area contributed by atoms with Crippen LogP contribution in [-0.2, 0) is 9.53 Å². The highest BCUT2D eigenvalue weighted by Gasteiger charge is 2.11. The van der Waals surface area contributed by atoms with Gasteiger partial charge in [-0.25, -0.2) is 0 Å². The van der Waals surface area contributed by atoms with E-state index >= 15 is 0 Å². The Labute approximate surface area is 83.5 Å². The van der Waals surface area contributed by atoms with Gasteiger partial charge in [0.05, 0.1) is 19.3 Å². The number of carbonyl (C=O) groups excluding carboxylic acids is 1. The van der Waals surface area contributed by atoms with Crippen LogP contribution in [0.15, 0.2) is 11.6 Å². The van der Waals surface area contributed by atoms with Crippen molar-refractivity contribution in [3.8, 4) is 6.07 Å². The molecule has 0 aliphatic carbocycles. The van der Waals surface area contributed by atoms with Gasteiger partial charge in [0.1, 0.15) is 5.92 Å². The lowest BCUT2D eigenvalue weighted by Gasteiger charge is -2.14. The van der Waals surface area contributed by atoms with Crippen molar-refractivity contribution in [2.24, 2.45) is 5.92 Å². The molecule has 1 unspecified atom stereocenters. The Morgan fingerprint density at radius 2 is 2.64 bits per heavy atom. The second kappa shape index (κ2) is 5.40. The first-order chi connectivity index (χ1) is 6.74. The van der Waals surface area contributed by atoms with Gasteiger partial charge < -0.3 is 10.1 Å². The molecule has 0 aromatic carbocycles. The number of nitriles is 1. The van der Waals surface area contributed by atoms with Crippen LogP contribution in [0.3, 0.4) is 0 Å². The normalized spacial score (nSPS) is 17.9. The summed E-state index contributed by atoms with van der Waals surface area (Å²) in [6, 6.07) is 1.89. The molecule has 1 aliphatic heterocycles. The molecule has 1 aliphatic rings. The van der Waals surface area contributed by atoms with Crippen LogP contribution < -0.4 is 5.32 Å².